The molecule has 1 aromatic carbocycles. The number of aromatic nitrogens is 1. The van der Waals surface area contributed by atoms with Gasteiger partial charge in [-0.15, -0.1) is 0 Å². The number of rotatable bonds is 4. The topological polar surface area (TPSA) is 45.9 Å². The van der Waals surface area contributed by atoms with Crippen LogP contribution in [0.3, 0.4) is 0 Å². The van der Waals surface area contributed by atoms with E-state index < -0.39 is 8.32 Å². The van der Waals surface area contributed by atoms with Crippen LogP contribution in [0.5, 0.6) is 5.75 Å². The third-order valence-corrected chi connectivity index (χ3v) is 9.19. The quantitative estimate of drug-likeness (QED) is 0.605. The lowest BCUT2D eigenvalue weighted by molar-refractivity contribution is 0.492. The van der Waals surface area contributed by atoms with E-state index in [2.05, 4.69) is 38.8 Å². The molecule has 5 heteroatoms. The Morgan fingerprint density at radius 1 is 1.16 bits per heavy atom. The lowest BCUT2D eigenvalue weighted by atomic mass is 10.1. The van der Waals surface area contributed by atoms with Crippen molar-refractivity contribution in [2.24, 2.45) is 0 Å². The second kappa shape index (κ2) is 7.43. The van der Waals surface area contributed by atoms with Crippen LogP contribution in [0.4, 0.5) is 0 Å². The molecule has 0 atom stereocenters. The van der Waals surface area contributed by atoms with Crippen LogP contribution in [0.25, 0.3) is 12.2 Å². The minimum atomic E-state index is -1.88. The number of halogens is 1. The minimum absolute atomic E-state index is 0.140. The van der Waals surface area contributed by atoms with Crippen LogP contribution in [0.2, 0.25) is 23.2 Å². The molecule has 0 radical (unpaired) electrons. The molecule has 1 heterocycles. The SMILES string of the molecule is CC(C)(C)[Si](C)(C)Oc1ccc(C=Cc2ccc(C#N)nc2)c(Cl)c1. The third kappa shape index (κ3) is 4.94. The van der Waals surface area contributed by atoms with Gasteiger partial charge in [-0.25, -0.2) is 4.98 Å². The number of hydrogen-bond donors (Lipinski definition) is 0. The van der Waals surface area contributed by atoms with E-state index in [0.717, 1.165) is 16.9 Å². The first-order chi connectivity index (χ1) is 11.6. The minimum Gasteiger partial charge on any atom is -0.543 e. The molecular weight excluding hydrogens is 348 g/mol. The summed E-state index contributed by atoms with van der Waals surface area (Å²) in [6, 6.07) is 11.3. The highest BCUT2D eigenvalue weighted by Crippen LogP contribution is 2.38. The van der Waals surface area contributed by atoms with E-state index in [0.29, 0.717) is 10.7 Å². The molecule has 0 spiro atoms. The summed E-state index contributed by atoms with van der Waals surface area (Å²) in [7, 11) is -1.88. The zero-order chi connectivity index (χ0) is 18.7. The van der Waals surface area contributed by atoms with Gasteiger partial charge in [0, 0.05) is 6.20 Å². The first kappa shape index (κ1) is 19.2. The van der Waals surface area contributed by atoms with Crippen molar-refractivity contribution in [3.05, 3.63) is 58.4 Å². The predicted octanol–water partition coefficient (Wildman–Crippen LogP) is 6.16. The van der Waals surface area contributed by atoms with Crippen molar-refractivity contribution in [3.63, 3.8) is 0 Å². The second-order valence-electron chi connectivity index (χ2n) is 7.47. The standard InChI is InChI=1S/C20H23ClN2OSi/c1-20(2,3)25(4,5)24-18-11-9-16(19(21)12-18)8-6-15-7-10-17(13-22)23-14-15/h6-12,14H,1-5H3. The van der Waals surface area contributed by atoms with E-state index in [1.54, 1.807) is 12.3 Å². The lowest BCUT2D eigenvalue weighted by Crippen LogP contribution is -2.43. The monoisotopic (exact) mass is 370 g/mol. The summed E-state index contributed by atoms with van der Waals surface area (Å²) in [6.45, 7) is 11.1. The molecule has 0 N–H and O–H groups in total. The van der Waals surface area contributed by atoms with Crippen LogP contribution in [-0.2, 0) is 0 Å². The fourth-order valence-electron chi connectivity index (χ4n) is 1.91. The van der Waals surface area contributed by atoms with Crippen molar-refractivity contribution in [2.75, 3.05) is 0 Å². The summed E-state index contributed by atoms with van der Waals surface area (Å²) in [5.74, 6) is 0.814. The number of nitrogens with zero attached hydrogens (tertiary/aromatic N) is 2. The first-order valence-electron chi connectivity index (χ1n) is 8.15. The summed E-state index contributed by atoms with van der Waals surface area (Å²) < 4.78 is 6.28. The third-order valence-electron chi connectivity index (χ3n) is 4.51. The fourth-order valence-corrected chi connectivity index (χ4v) is 3.17. The maximum Gasteiger partial charge on any atom is 0.250 e. The molecule has 0 unspecified atom stereocenters. The summed E-state index contributed by atoms with van der Waals surface area (Å²) in [6.07, 6.45) is 5.52. The van der Waals surface area contributed by atoms with Gasteiger partial charge in [0.2, 0.25) is 8.32 Å². The Bertz CT molecular complexity index is 815. The van der Waals surface area contributed by atoms with Crippen LogP contribution in [-0.4, -0.2) is 13.3 Å². The van der Waals surface area contributed by atoms with Crippen LogP contribution in [0.1, 0.15) is 37.6 Å². The van der Waals surface area contributed by atoms with Crippen molar-refractivity contribution in [1.29, 1.82) is 5.26 Å². The van der Waals surface area contributed by atoms with Gasteiger partial charge in [-0.3, -0.25) is 0 Å². The van der Waals surface area contributed by atoms with Crippen LogP contribution in [0, 0.1) is 11.3 Å². The maximum absolute atomic E-state index is 8.77. The molecule has 2 aromatic rings. The molecule has 0 aliphatic rings. The van der Waals surface area contributed by atoms with E-state index in [-0.39, 0.29) is 5.04 Å². The smallest absolute Gasteiger partial charge is 0.250 e. The summed E-state index contributed by atoms with van der Waals surface area (Å²) in [5.41, 5.74) is 2.23. The summed E-state index contributed by atoms with van der Waals surface area (Å²) >= 11 is 6.41. The molecule has 25 heavy (non-hydrogen) atoms. The number of hydrogen-bond acceptors (Lipinski definition) is 3. The molecular formula is C20H23ClN2OSi. The first-order valence-corrected chi connectivity index (χ1v) is 11.4. The zero-order valence-electron chi connectivity index (χ0n) is 15.3. The predicted molar refractivity (Wildman–Crippen MR) is 107 cm³/mol. The number of pyridine rings is 1. The highest BCUT2D eigenvalue weighted by atomic mass is 35.5. The Kier molecular flexibility index (Phi) is 5.71. The molecule has 0 amide bonds. The molecule has 1 aromatic heterocycles. The highest BCUT2D eigenvalue weighted by molar-refractivity contribution is 6.74. The van der Waals surface area contributed by atoms with Crippen LogP contribution >= 0.6 is 11.6 Å². The van der Waals surface area contributed by atoms with Gasteiger partial charge in [0.05, 0.1) is 5.02 Å². The van der Waals surface area contributed by atoms with E-state index in [9.17, 15) is 0 Å². The van der Waals surface area contributed by atoms with E-state index in [1.165, 1.54) is 0 Å². The Labute approximate surface area is 156 Å². The van der Waals surface area contributed by atoms with Gasteiger partial charge in [-0.1, -0.05) is 50.6 Å². The van der Waals surface area contributed by atoms with Gasteiger partial charge in [0.25, 0.3) is 0 Å². The van der Waals surface area contributed by atoms with Crippen molar-refractivity contribution < 1.29 is 4.43 Å². The number of nitriles is 1. The van der Waals surface area contributed by atoms with Gasteiger partial charge >= 0.3 is 0 Å². The average Bonchev–Trinajstić information content (AvgIpc) is 2.53. The zero-order valence-corrected chi connectivity index (χ0v) is 17.1. The molecule has 0 saturated carbocycles. The van der Waals surface area contributed by atoms with Gasteiger partial charge in [-0.05, 0) is 53.5 Å². The average molecular weight is 371 g/mol. The van der Waals surface area contributed by atoms with Crippen molar-refractivity contribution in [3.8, 4) is 11.8 Å². The largest absolute Gasteiger partial charge is 0.543 e. The van der Waals surface area contributed by atoms with Crippen molar-refractivity contribution in [1.82, 2.24) is 4.98 Å². The van der Waals surface area contributed by atoms with Crippen molar-refractivity contribution in [2.45, 2.75) is 38.9 Å². The molecule has 130 valence electrons. The van der Waals surface area contributed by atoms with Crippen LogP contribution in [0.15, 0.2) is 36.5 Å². The molecule has 0 fully saturated rings. The van der Waals surface area contributed by atoms with Gasteiger partial charge < -0.3 is 4.43 Å². The Morgan fingerprint density at radius 3 is 2.40 bits per heavy atom. The molecule has 0 bridgehead atoms. The molecule has 0 aliphatic carbocycles. The van der Waals surface area contributed by atoms with Gasteiger partial charge in [0.1, 0.15) is 17.5 Å². The van der Waals surface area contributed by atoms with E-state index >= 15 is 0 Å². The molecule has 0 saturated heterocycles. The van der Waals surface area contributed by atoms with Crippen molar-refractivity contribution >= 4 is 32.1 Å². The van der Waals surface area contributed by atoms with E-state index in [4.69, 9.17) is 21.3 Å². The Hall–Kier alpha value is -2.09. The molecule has 2 rings (SSSR count). The molecule has 0 aliphatic heterocycles. The normalized spacial score (nSPS) is 12.2. The summed E-state index contributed by atoms with van der Waals surface area (Å²) in [4.78, 5) is 4.05. The Balaban J connectivity index is 2.16. The van der Waals surface area contributed by atoms with E-state index in [1.807, 2.05) is 42.5 Å². The van der Waals surface area contributed by atoms with Gasteiger partial charge in [-0.2, -0.15) is 5.26 Å². The van der Waals surface area contributed by atoms with Crippen LogP contribution < -0.4 is 4.43 Å². The van der Waals surface area contributed by atoms with Gasteiger partial charge in [0.15, 0.2) is 0 Å². The summed E-state index contributed by atoms with van der Waals surface area (Å²) in [5, 5.41) is 9.56. The Morgan fingerprint density at radius 2 is 1.88 bits per heavy atom. The fraction of sp³-hybridized carbons (Fsp3) is 0.300. The lowest BCUT2D eigenvalue weighted by Gasteiger charge is -2.36. The second-order valence-corrected chi connectivity index (χ2v) is 12.6. The molecule has 3 nitrogen and oxygen atoms in total. The maximum atomic E-state index is 8.77. The number of benzene rings is 1. The highest BCUT2D eigenvalue weighted by Gasteiger charge is 2.38.